The van der Waals surface area contributed by atoms with Crippen LogP contribution in [0.1, 0.15) is 42.7 Å². The standard InChI is InChI=1S/C21H23NO3/c23-20(14-16-12-18(13-16)17-4-2-1-3-5-17)22-19-9-6-15(7-10-19)8-11-21(24)25/h1-7,9-10,16,18H,8,11-14H2,(H,22,23)(H,24,25). The fraction of sp³-hybridized carbons (Fsp3) is 0.333. The zero-order valence-corrected chi connectivity index (χ0v) is 14.2. The Kier molecular flexibility index (Phi) is 5.49. The molecule has 2 aromatic carbocycles. The van der Waals surface area contributed by atoms with Crippen LogP contribution < -0.4 is 5.32 Å². The number of carbonyl (C=O) groups excluding carboxylic acids is 1. The van der Waals surface area contributed by atoms with Gasteiger partial charge in [0.1, 0.15) is 0 Å². The number of carbonyl (C=O) groups is 2. The van der Waals surface area contributed by atoms with Gasteiger partial charge in [0, 0.05) is 18.5 Å². The lowest BCUT2D eigenvalue weighted by Gasteiger charge is -2.35. The van der Waals surface area contributed by atoms with E-state index in [0.29, 0.717) is 24.7 Å². The van der Waals surface area contributed by atoms with Crippen LogP contribution in [-0.2, 0) is 16.0 Å². The average molecular weight is 337 g/mol. The maximum absolute atomic E-state index is 12.2. The summed E-state index contributed by atoms with van der Waals surface area (Å²) in [5.74, 6) is 0.300. The Morgan fingerprint density at radius 3 is 2.32 bits per heavy atom. The summed E-state index contributed by atoms with van der Waals surface area (Å²) < 4.78 is 0. The van der Waals surface area contributed by atoms with E-state index in [4.69, 9.17) is 5.11 Å². The van der Waals surface area contributed by atoms with Gasteiger partial charge in [-0.05, 0) is 54.4 Å². The summed E-state index contributed by atoms with van der Waals surface area (Å²) in [6, 6.07) is 17.9. The van der Waals surface area contributed by atoms with Gasteiger partial charge in [0.2, 0.25) is 5.91 Å². The molecule has 2 N–H and O–H groups in total. The second-order valence-corrected chi connectivity index (χ2v) is 6.79. The molecule has 1 aliphatic carbocycles. The van der Waals surface area contributed by atoms with Crippen molar-refractivity contribution in [3.8, 4) is 0 Å². The molecule has 2 aromatic rings. The molecule has 1 fully saturated rings. The number of hydrogen-bond donors (Lipinski definition) is 2. The molecule has 0 unspecified atom stereocenters. The summed E-state index contributed by atoms with van der Waals surface area (Å²) in [7, 11) is 0. The zero-order valence-electron chi connectivity index (χ0n) is 14.2. The number of benzene rings is 2. The summed E-state index contributed by atoms with van der Waals surface area (Å²) in [6.07, 6.45) is 3.34. The van der Waals surface area contributed by atoms with Crippen molar-refractivity contribution in [2.24, 2.45) is 5.92 Å². The van der Waals surface area contributed by atoms with Gasteiger partial charge < -0.3 is 10.4 Å². The number of hydrogen-bond acceptors (Lipinski definition) is 2. The molecule has 0 atom stereocenters. The molecule has 4 nitrogen and oxygen atoms in total. The first-order chi connectivity index (χ1) is 12.1. The second kappa shape index (κ2) is 7.97. The molecular weight excluding hydrogens is 314 g/mol. The Morgan fingerprint density at radius 1 is 1.00 bits per heavy atom. The SMILES string of the molecule is O=C(O)CCc1ccc(NC(=O)CC2CC(c3ccccc3)C2)cc1. The van der Waals surface area contributed by atoms with Crippen LogP contribution in [-0.4, -0.2) is 17.0 Å². The molecule has 0 saturated heterocycles. The van der Waals surface area contributed by atoms with Crippen LogP contribution in [0.5, 0.6) is 0 Å². The maximum atomic E-state index is 12.2. The van der Waals surface area contributed by atoms with Gasteiger partial charge in [-0.2, -0.15) is 0 Å². The minimum absolute atomic E-state index is 0.0507. The molecule has 3 rings (SSSR count). The number of rotatable bonds is 7. The Labute approximate surface area is 147 Å². The molecule has 0 heterocycles. The minimum atomic E-state index is -0.799. The van der Waals surface area contributed by atoms with Crippen molar-refractivity contribution >= 4 is 17.6 Å². The second-order valence-electron chi connectivity index (χ2n) is 6.79. The maximum Gasteiger partial charge on any atom is 0.303 e. The number of aliphatic carboxylic acids is 1. The molecule has 1 amide bonds. The normalized spacial score (nSPS) is 19.0. The van der Waals surface area contributed by atoms with E-state index in [1.807, 2.05) is 30.3 Å². The number of nitrogens with one attached hydrogen (secondary N) is 1. The van der Waals surface area contributed by atoms with Gasteiger partial charge in [-0.25, -0.2) is 0 Å². The van der Waals surface area contributed by atoms with E-state index in [9.17, 15) is 9.59 Å². The van der Waals surface area contributed by atoms with Crippen molar-refractivity contribution in [3.63, 3.8) is 0 Å². The van der Waals surface area contributed by atoms with E-state index < -0.39 is 5.97 Å². The van der Waals surface area contributed by atoms with Gasteiger partial charge >= 0.3 is 5.97 Å². The highest BCUT2D eigenvalue weighted by Crippen LogP contribution is 2.43. The zero-order chi connectivity index (χ0) is 17.6. The predicted octanol–water partition coefficient (Wildman–Crippen LogP) is 4.23. The van der Waals surface area contributed by atoms with E-state index in [1.54, 1.807) is 0 Å². The van der Waals surface area contributed by atoms with Crippen molar-refractivity contribution in [2.45, 2.75) is 38.0 Å². The number of aryl methyl sites for hydroxylation is 1. The summed E-state index contributed by atoms with van der Waals surface area (Å²) in [4.78, 5) is 22.7. The Bertz CT molecular complexity index is 719. The van der Waals surface area contributed by atoms with Crippen LogP contribution in [0.15, 0.2) is 54.6 Å². The Balaban J connectivity index is 1.42. The Morgan fingerprint density at radius 2 is 1.68 bits per heavy atom. The fourth-order valence-corrected chi connectivity index (χ4v) is 3.38. The van der Waals surface area contributed by atoms with Gasteiger partial charge in [-0.3, -0.25) is 9.59 Å². The molecule has 0 radical (unpaired) electrons. The van der Waals surface area contributed by atoms with Gasteiger partial charge in [-0.1, -0.05) is 42.5 Å². The minimum Gasteiger partial charge on any atom is -0.481 e. The lowest BCUT2D eigenvalue weighted by molar-refractivity contribution is -0.137. The molecule has 0 spiro atoms. The topological polar surface area (TPSA) is 66.4 Å². The molecule has 1 saturated carbocycles. The van der Waals surface area contributed by atoms with Crippen LogP contribution in [0.3, 0.4) is 0 Å². The summed E-state index contributed by atoms with van der Waals surface area (Å²) >= 11 is 0. The molecule has 0 aromatic heterocycles. The van der Waals surface area contributed by atoms with Crippen molar-refractivity contribution in [2.75, 3.05) is 5.32 Å². The van der Waals surface area contributed by atoms with Crippen LogP contribution >= 0.6 is 0 Å². The quantitative estimate of drug-likeness (QED) is 0.795. The largest absolute Gasteiger partial charge is 0.481 e. The van der Waals surface area contributed by atoms with Crippen molar-refractivity contribution in [3.05, 3.63) is 65.7 Å². The third kappa shape index (κ3) is 4.92. The molecule has 0 aliphatic heterocycles. The lowest BCUT2D eigenvalue weighted by Crippen LogP contribution is -2.26. The lowest BCUT2D eigenvalue weighted by atomic mass is 9.70. The molecule has 25 heavy (non-hydrogen) atoms. The summed E-state index contributed by atoms with van der Waals surface area (Å²) in [6.45, 7) is 0. The molecule has 1 aliphatic rings. The first-order valence-corrected chi connectivity index (χ1v) is 8.75. The Hall–Kier alpha value is -2.62. The molecule has 4 heteroatoms. The van der Waals surface area contributed by atoms with Crippen LogP contribution in [0.4, 0.5) is 5.69 Å². The summed E-state index contributed by atoms with van der Waals surface area (Å²) in [5, 5.41) is 11.6. The van der Waals surface area contributed by atoms with Crippen LogP contribution in [0.2, 0.25) is 0 Å². The number of amides is 1. The van der Waals surface area contributed by atoms with Gasteiger partial charge in [-0.15, -0.1) is 0 Å². The average Bonchev–Trinajstić information content (AvgIpc) is 2.58. The number of carboxylic acid groups (broad SMARTS) is 1. The highest BCUT2D eigenvalue weighted by Gasteiger charge is 2.31. The van der Waals surface area contributed by atoms with E-state index in [-0.39, 0.29) is 12.3 Å². The molecule has 0 bridgehead atoms. The van der Waals surface area contributed by atoms with Crippen LogP contribution in [0.25, 0.3) is 0 Å². The summed E-state index contributed by atoms with van der Waals surface area (Å²) in [5.41, 5.74) is 3.10. The predicted molar refractivity (Wildman–Crippen MR) is 97.6 cm³/mol. The van der Waals surface area contributed by atoms with Crippen LogP contribution in [0, 0.1) is 5.92 Å². The smallest absolute Gasteiger partial charge is 0.303 e. The van der Waals surface area contributed by atoms with Gasteiger partial charge in [0.25, 0.3) is 0 Å². The first-order valence-electron chi connectivity index (χ1n) is 8.75. The number of anilines is 1. The van der Waals surface area contributed by atoms with E-state index in [2.05, 4.69) is 29.6 Å². The third-order valence-electron chi connectivity index (χ3n) is 4.85. The van der Waals surface area contributed by atoms with Crippen molar-refractivity contribution in [1.29, 1.82) is 0 Å². The highest BCUT2D eigenvalue weighted by atomic mass is 16.4. The van der Waals surface area contributed by atoms with Gasteiger partial charge in [0.05, 0.1) is 0 Å². The monoisotopic (exact) mass is 337 g/mol. The number of carboxylic acids is 1. The third-order valence-corrected chi connectivity index (χ3v) is 4.85. The van der Waals surface area contributed by atoms with E-state index >= 15 is 0 Å². The van der Waals surface area contributed by atoms with E-state index in [1.165, 1.54) is 5.56 Å². The fourth-order valence-electron chi connectivity index (χ4n) is 3.38. The van der Waals surface area contributed by atoms with Crippen molar-refractivity contribution < 1.29 is 14.7 Å². The highest BCUT2D eigenvalue weighted by molar-refractivity contribution is 5.90. The molecular formula is C21H23NO3. The van der Waals surface area contributed by atoms with Gasteiger partial charge in [0.15, 0.2) is 0 Å². The van der Waals surface area contributed by atoms with E-state index in [0.717, 1.165) is 24.1 Å². The molecule has 130 valence electrons. The first kappa shape index (κ1) is 17.2. The van der Waals surface area contributed by atoms with Crippen molar-refractivity contribution in [1.82, 2.24) is 0 Å².